The summed E-state index contributed by atoms with van der Waals surface area (Å²) in [5.41, 5.74) is -0.144. The lowest BCUT2D eigenvalue weighted by molar-refractivity contribution is -0.132. The maximum absolute atomic E-state index is 12.8. The van der Waals surface area contributed by atoms with Crippen molar-refractivity contribution in [2.24, 2.45) is 40.4 Å². The van der Waals surface area contributed by atoms with E-state index in [-0.39, 0.29) is 22.5 Å². The highest BCUT2D eigenvalue weighted by atomic mass is 28.4. The topological polar surface area (TPSA) is 64.6 Å². The van der Waals surface area contributed by atoms with Gasteiger partial charge in [0, 0.05) is 26.0 Å². The zero-order chi connectivity index (χ0) is 28.7. The van der Waals surface area contributed by atoms with Gasteiger partial charge in [0.05, 0.1) is 0 Å². The molecule has 38 heavy (non-hydrogen) atoms. The lowest BCUT2D eigenvalue weighted by Crippen LogP contribution is -2.54. The first kappa shape index (κ1) is 31.6. The highest BCUT2D eigenvalue weighted by Crippen LogP contribution is 2.64. The largest absolute Gasteiger partial charge is 0.444 e. The molecule has 0 aromatic rings. The third-order valence-corrected chi connectivity index (χ3v) is 16.2. The summed E-state index contributed by atoms with van der Waals surface area (Å²) in [7, 11) is -1.93. The van der Waals surface area contributed by atoms with Crippen LogP contribution < -0.4 is 5.32 Å². The number of carbonyl (C=O) groups is 2. The Hall–Kier alpha value is -0.883. The summed E-state index contributed by atoms with van der Waals surface area (Å²) >= 11 is 0. The van der Waals surface area contributed by atoms with Gasteiger partial charge in [-0.1, -0.05) is 48.0 Å². The van der Waals surface area contributed by atoms with Crippen LogP contribution in [0.25, 0.3) is 0 Å². The molecule has 3 saturated carbocycles. The van der Waals surface area contributed by atoms with E-state index >= 15 is 0 Å². The fraction of sp³-hybridized carbons (Fsp3) is 0.938. The van der Waals surface area contributed by atoms with E-state index in [0.717, 1.165) is 12.3 Å². The minimum atomic E-state index is -1.93. The molecule has 0 bridgehead atoms. The number of hydrogen-bond donors (Lipinski definition) is 1. The highest BCUT2D eigenvalue weighted by molar-refractivity contribution is 6.74. The van der Waals surface area contributed by atoms with Crippen LogP contribution in [0, 0.1) is 40.4 Å². The number of Topliss-reactive ketones (excluding diaryl/α,β-unsaturated/α-hetero) is 1. The van der Waals surface area contributed by atoms with E-state index in [2.05, 4.69) is 60.0 Å². The molecule has 3 aliphatic rings. The van der Waals surface area contributed by atoms with Crippen molar-refractivity contribution in [3.63, 3.8) is 0 Å². The molecule has 5 nitrogen and oxygen atoms in total. The molecule has 0 radical (unpaired) electrons. The van der Waals surface area contributed by atoms with Gasteiger partial charge in [-0.25, -0.2) is 4.79 Å². The summed E-state index contributed by atoms with van der Waals surface area (Å²) in [4.78, 5) is 25.6. The molecule has 3 rings (SSSR count). The summed E-state index contributed by atoms with van der Waals surface area (Å²) in [5, 5.41) is 3.35. The van der Waals surface area contributed by atoms with Crippen LogP contribution in [0.1, 0.15) is 114 Å². The molecular weight excluding hydrogens is 490 g/mol. The van der Waals surface area contributed by atoms with Gasteiger partial charge >= 0.3 is 6.09 Å². The SMILES string of the molecule is CC[C@H]1CC[C@H]2[C@H](CNC(=O)OC(C)(C)C)[C@@H]([C@@]3(C)CCC(=O)C[C@@H]3CO[Si](C)(C)C(C)(C)C)CC[C@]12C. The lowest BCUT2D eigenvalue weighted by Gasteiger charge is -2.57. The van der Waals surface area contributed by atoms with Crippen LogP contribution in [0.2, 0.25) is 18.1 Å². The normalized spacial score (nSPS) is 36.6. The lowest BCUT2D eigenvalue weighted by atomic mass is 9.49. The predicted molar refractivity (Wildman–Crippen MR) is 159 cm³/mol. The van der Waals surface area contributed by atoms with Crippen LogP contribution in [0.3, 0.4) is 0 Å². The Kier molecular flexibility index (Phi) is 9.31. The van der Waals surface area contributed by atoms with Crippen molar-refractivity contribution >= 4 is 20.2 Å². The van der Waals surface area contributed by atoms with Gasteiger partial charge < -0.3 is 14.5 Å². The fourth-order valence-electron chi connectivity index (χ4n) is 8.17. The van der Waals surface area contributed by atoms with Crippen LogP contribution in [0.4, 0.5) is 4.79 Å². The third kappa shape index (κ3) is 6.53. The van der Waals surface area contributed by atoms with Gasteiger partial charge in [0.2, 0.25) is 0 Å². The molecule has 3 fully saturated rings. The van der Waals surface area contributed by atoms with Gasteiger partial charge in [-0.15, -0.1) is 0 Å². The zero-order valence-corrected chi connectivity index (χ0v) is 27.6. The van der Waals surface area contributed by atoms with Gasteiger partial charge in [0.15, 0.2) is 8.32 Å². The maximum Gasteiger partial charge on any atom is 0.407 e. The van der Waals surface area contributed by atoms with Crippen LogP contribution in [0.5, 0.6) is 0 Å². The van der Waals surface area contributed by atoms with Gasteiger partial charge in [-0.3, -0.25) is 4.79 Å². The minimum Gasteiger partial charge on any atom is -0.444 e. The number of carbonyl (C=O) groups excluding carboxylic acids is 2. The van der Waals surface area contributed by atoms with Crippen molar-refractivity contribution in [1.82, 2.24) is 5.32 Å². The summed E-state index contributed by atoms with van der Waals surface area (Å²) in [6.07, 6.45) is 8.13. The summed E-state index contributed by atoms with van der Waals surface area (Å²) in [6, 6.07) is 0. The first-order valence-corrected chi connectivity index (χ1v) is 18.4. The molecule has 0 heterocycles. The number of nitrogens with one attached hydrogen (secondary N) is 1. The molecule has 0 unspecified atom stereocenters. The van der Waals surface area contributed by atoms with Crippen molar-refractivity contribution in [3.8, 4) is 0 Å². The number of fused-ring (bicyclic) bond motifs is 1. The highest BCUT2D eigenvalue weighted by Gasteiger charge is 2.58. The second kappa shape index (κ2) is 11.2. The molecule has 6 heteroatoms. The molecule has 0 aromatic heterocycles. The molecule has 0 aliphatic heterocycles. The number of amides is 1. The van der Waals surface area contributed by atoms with Crippen molar-refractivity contribution in [2.75, 3.05) is 13.2 Å². The Morgan fingerprint density at radius 3 is 2.16 bits per heavy atom. The summed E-state index contributed by atoms with van der Waals surface area (Å²) in [6.45, 7) is 25.9. The third-order valence-electron chi connectivity index (χ3n) is 11.7. The molecule has 3 aliphatic carbocycles. The van der Waals surface area contributed by atoms with E-state index in [0.29, 0.717) is 54.9 Å². The van der Waals surface area contributed by atoms with Crippen LogP contribution in [-0.4, -0.2) is 38.9 Å². The van der Waals surface area contributed by atoms with E-state index in [4.69, 9.17) is 9.16 Å². The maximum atomic E-state index is 12.8. The average molecular weight is 550 g/mol. The number of rotatable bonds is 7. The fourth-order valence-corrected chi connectivity index (χ4v) is 9.22. The number of ketones is 1. The van der Waals surface area contributed by atoms with E-state index in [1.165, 1.54) is 32.1 Å². The molecule has 0 saturated heterocycles. The first-order valence-electron chi connectivity index (χ1n) is 15.5. The van der Waals surface area contributed by atoms with Crippen molar-refractivity contribution in [2.45, 2.75) is 137 Å². The van der Waals surface area contributed by atoms with Crippen molar-refractivity contribution < 1.29 is 18.8 Å². The number of hydrogen-bond acceptors (Lipinski definition) is 4. The molecular formula is C32H59NO4Si. The van der Waals surface area contributed by atoms with Crippen LogP contribution in [0.15, 0.2) is 0 Å². The minimum absolute atomic E-state index is 0.0299. The van der Waals surface area contributed by atoms with Gasteiger partial charge in [0.1, 0.15) is 11.4 Å². The standard InChI is InChI=1S/C32H59NO4Si/c1-12-22-13-14-26-25(20-33-28(35)37-29(2,3)4)27(16-18-31(22,26)8)32(9)17-15-24(34)19-23(32)21-36-38(10,11)30(5,6)7/h22-23,25-27H,12-21H2,1-11H3,(H,33,35)/t22-,23+,25-,26-,27-,31+,32-/m0/s1. The van der Waals surface area contributed by atoms with E-state index < -0.39 is 13.9 Å². The second-order valence-electron chi connectivity index (χ2n) is 16.0. The van der Waals surface area contributed by atoms with E-state index in [9.17, 15) is 9.59 Å². The zero-order valence-electron chi connectivity index (χ0n) is 26.6. The predicted octanol–water partition coefficient (Wildman–Crippen LogP) is 8.38. The van der Waals surface area contributed by atoms with Crippen molar-refractivity contribution in [1.29, 1.82) is 0 Å². The molecule has 1 amide bonds. The molecule has 7 atom stereocenters. The van der Waals surface area contributed by atoms with E-state index in [1.807, 2.05) is 20.8 Å². The Morgan fingerprint density at radius 2 is 1.58 bits per heavy atom. The Labute approximate surface area is 235 Å². The summed E-state index contributed by atoms with van der Waals surface area (Å²) < 4.78 is 12.4. The molecule has 0 aromatic carbocycles. The number of alkyl carbamates (subject to hydrolysis) is 1. The van der Waals surface area contributed by atoms with Gasteiger partial charge in [-0.2, -0.15) is 0 Å². The van der Waals surface area contributed by atoms with Crippen LogP contribution >= 0.6 is 0 Å². The number of ether oxygens (including phenoxy) is 1. The first-order chi connectivity index (χ1) is 17.3. The Morgan fingerprint density at radius 1 is 0.974 bits per heavy atom. The smallest absolute Gasteiger partial charge is 0.407 e. The average Bonchev–Trinajstić information content (AvgIpc) is 3.12. The van der Waals surface area contributed by atoms with Crippen LogP contribution in [-0.2, 0) is 14.0 Å². The Bertz CT molecular complexity index is 859. The Balaban J connectivity index is 1.90. The van der Waals surface area contributed by atoms with Crippen molar-refractivity contribution in [3.05, 3.63) is 0 Å². The van der Waals surface area contributed by atoms with E-state index in [1.54, 1.807) is 0 Å². The summed E-state index contributed by atoms with van der Waals surface area (Å²) in [5.74, 6) is 2.84. The van der Waals surface area contributed by atoms with Gasteiger partial charge in [0.25, 0.3) is 0 Å². The quantitative estimate of drug-likeness (QED) is 0.324. The molecule has 1 N–H and O–H groups in total. The molecule has 0 spiro atoms. The van der Waals surface area contributed by atoms with Gasteiger partial charge in [-0.05, 0) is 111 Å². The monoisotopic (exact) mass is 549 g/mol. The second-order valence-corrected chi connectivity index (χ2v) is 20.8. The molecule has 220 valence electrons.